The fourth-order valence-electron chi connectivity index (χ4n) is 0.0365. The molecule has 1 rings (SSSR count). The Labute approximate surface area is 29.0 Å². The summed E-state index contributed by atoms with van der Waals surface area (Å²) in [7, 11) is -2.89. The van der Waals surface area contributed by atoms with E-state index in [9.17, 15) is 0 Å². The maximum Gasteiger partial charge on any atom is 0.547 e. The van der Waals surface area contributed by atoms with Crippen LogP contribution >= 0.6 is 8.09 Å². The van der Waals surface area contributed by atoms with Gasteiger partial charge >= 0.3 is 8.09 Å². The van der Waals surface area contributed by atoms with Crippen molar-refractivity contribution in [3.63, 3.8) is 0 Å². The summed E-state index contributed by atoms with van der Waals surface area (Å²) >= 11 is 0. The van der Waals surface area contributed by atoms with Crippen molar-refractivity contribution in [1.82, 2.24) is 5.25 Å². The summed E-state index contributed by atoms with van der Waals surface area (Å²) in [5.74, 6) is 0. The summed E-state index contributed by atoms with van der Waals surface area (Å²) < 4.78 is 3.87. The lowest BCUT2D eigenvalue weighted by atomic mass is 13.6. The highest BCUT2D eigenvalue weighted by atomic mass is 31.2. The molecule has 5 heavy (non-hydrogen) atoms. The largest absolute Gasteiger partial charge is 0.547 e. The van der Waals surface area contributed by atoms with Crippen molar-refractivity contribution in [1.29, 1.82) is 0 Å². The normalized spacial score (nSPS) is 30.0. The fraction of sp³-hybridized carbons (Fsp3) is 0. The number of rotatable bonds is 0. The first kappa shape index (κ1) is 3.46. The van der Waals surface area contributed by atoms with Gasteiger partial charge in [0.25, 0.3) is 0 Å². The molecule has 1 saturated heterocycles. The van der Waals surface area contributed by atoms with Gasteiger partial charge in [-0.15, -0.1) is 0 Å². The first-order valence-corrected chi connectivity index (χ1v) is 2.62. The molecule has 0 bridgehead atoms. The summed E-state index contributed by atoms with van der Waals surface area (Å²) in [6.07, 6.45) is 0. The standard InChI is InChI=1S/H3NO3P/c2-5(3)1-4-5/h1-3H/q+1. The minimum Gasteiger partial charge on any atom is -0.175 e. The molecule has 0 atom stereocenters. The van der Waals surface area contributed by atoms with Gasteiger partial charge in [0.05, 0.1) is 5.25 Å². The molecular formula is H3NO3P+. The van der Waals surface area contributed by atoms with Crippen molar-refractivity contribution in [3.8, 4) is 0 Å². The van der Waals surface area contributed by atoms with E-state index in [1.165, 1.54) is 0 Å². The quantitative estimate of drug-likeness (QED) is 0.272. The van der Waals surface area contributed by atoms with Crippen LogP contribution in [-0.4, -0.2) is 9.79 Å². The van der Waals surface area contributed by atoms with Crippen molar-refractivity contribution >= 4 is 8.09 Å². The average Bonchev–Trinajstić information content (AvgIpc) is 1.76. The molecule has 1 heterocycles. The lowest BCUT2D eigenvalue weighted by molar-refractivity contribution is 0.388. The first-order chi connectivity index (χ1) is 2.21. The Hall–Kier alpha value is 0.270. The van der Waals surface area contributed by atoms with Gasteiger partial charge in [0, 0.05) is 0 Å². The van der Waals surface area contributed by atoms with Crippen LogP contribution < -0.4 is 5.25 Å². The van der Waals surface area contributed by atoms with Crippen LogP contribution in [-0.2, 0) is 4.62 Å². The summed E-state index contributed by atoms with van der Waals surface area (Å²) in [6, 6.07) is 0. The van der Waals surface area contributed by atoms with Crippen molar-refractivity contribution in [2.45, 2.75) is 0 Å². The van der Waals surface area contributed by atoms with E-state index in [1.807, 2.05) is 5.25 Å². The third kappa shape index (κ3) is 0.792. The third-order valence-electron chi connectivity index (χ3n) is 0.255. The summed E-state index contributed by atoms with van der Waals surface area (Å²) in [4.78, 5) is 15.9. The predicted octanol–water partition coefficient (Wildman–Crippen LogP) is -0.817. The van der Waals surface area contributed by atoms with Gasteiger partial charge in [0.1, 0.15) is 0 Å². The van der Waals surface area contributed by atoms with Gasteiger partial charge in [0.15, 0.2) is 0 Å². The Balaban J connectivity index is 2.38. The lowest BCUT2D eigenvalue weighted by Gasteiger charge is -1.61. The first-order valence-electron chi connectivity index (χ1n) is 1.01. The van der Waals surface area contributed by atoms with Crippen LogP contribution in [0.15, 0.2) is 0 Å². The second-order valence-electron chi connectivity index (χ2n) is 0.727. The molecule has 1 fully saturated rings. The van der Waals surface area contributed by atoms with E-state index in [0.717, 1.165) is 0 Å². The molecule has 1 aliphatic heterocycles. The van der Waals surface area contributed by atoms with E-state index in [1.54, 1.807) is 0 Å². The Morgan fingerprint density at radius 2 is 1.80 bits per heavy atom. The highest BCUT2D eigenvalue weighted by Gasteiger charge is 2.57. The zero-order chi connectivity index (χ0) is 3.91. The molecule has 4 nitrogen and oxygen atoms in total. The Bertz CT molecular complexity index is 44.9. The molecule has 0 amide bonds. The Morgan fingerprint density at radius 1 is 1.60 bits per heavy atom. The van der Waals surface area contributed by atoms with Gasteiger partial charge in [-0.05, 0) is 4.62 Å². The molecule has 5 heteroatoms. The van der Waals surface area contributed by atoms with Crippen molar-refractivity contribution in [2.75, 3.05) is 0 Å². The van der Waals surface area contributed by atoms with Crippen LogP contribution in [0, 0.1) is 0 Å². The monoisotopic (exact) mass is 96.0 g/mol. The smallest absolute Gasteiger partial charge is 0.175 e. The molecule has 30 valence electrons. The summed E-state index contributed by atoms with van der Waals surface area (Å²) in [5.41, 5.74) is 0. The van der Waals surface area contributed by atoms with E-state index in [0.29, 0.717) is 0 Å². The molecule has 0 aromatic carbocycles. The van der Waals surface area contributed by atoms with Gasteiger partial charge in [-0.3, -0.25) is 0 Å². The lowest BCUT2D eigenvalue weighted by Crippen LogP contribution is -1.66. The third-order valence-corrected chi connectivity index (χ3v) is 0.764. The molecule has 0 aromatic heterocycles. The summed E-state index contributed by atoms with van der Waals surface area (Å²) in [6.45, 7) is 0. The van der Waals surface area contributed by atoms with E-state index in [4.69, 9.17) is 9.79 Å². The number of hydrogen-bond acceptors (Lipinski definition) is 4. The zero-order valence-electron chi connectivity index (χ0n) is 2.25. The van der Waals surface area contributed by atoms with Crippen LogP contribution in [0.5, 0.6) is 0 Å². The van der Waals surface area contributed by atoms with Crippen molar-refractivity contribution in [3.05, 3.63) is 0 Å². The van der Waals surface area contributed by atoms with Gasteiger partial charge < -0.3 is 0 Å². The number of nitrogens with one attached hydrogen (secondary N) is 1. The minimum atomic E-state index is -2.89. The van der Waals surface area contributed by atoms with E-state index in [-0.39, 0.29) is 0 Å². The Kier molecular flexibility index (Phi) is 0.462. The maximum atomic E-state index is 7.97. The van der Waals surface area contributed by atoms with Crippen LogP contribution in [0.1, 0.15) is 0 Å². The number of hydrogen-bond donors (Lipinski definition) is 3. The molecule has 1 aliphatic rings. The minimum absolute atomic E-state index is 1.90. The molecule has 0 unspecified atom stereocenters. The molecule has 0 aromatic rings. The zero-order valence-corrected chi connectivity index (χ0v) is 3.14. The topological polar surface area (TPSA) is 74.9 Å². The van der Waals surface area contributed by atoms with Crippen LogP contribution in [0.3, 0.4) is 0 Å². The molecule has 0 aliphatic carbocycles. The average molecular weight is 96.0 g/mol. The van der Waals surface area contributed by atoms with Crippen LogP contribution in [0.2, 0.25) is 0 Å². The van der Waals surface area contributed by atoms with Gasteiger partial charge in [0.2, 0.25) is 0 Å². The van der Waals surface area contributed by atoms with Crippen LogP contribution in [0.25, 0.3) is 0 Å². The Morgan fingerprint density at radius 3 is 1.80 bits per heavy atom. The molecule has 3 N–H and O–H groups in total. The van der Waals surface area contributed by atoms with Gasteiger partial charge in [-0.25, -0.2) is 0 Å². The fourth-order valence-corrected chi connectivity index (χ4v) is 0.329. The summed E-state index contributed by atoms with van der Waals surface area (Å²) in [5, 5.41) is 1.90. The molecular weight excluding hydrogens is 93.0 g/mol. The van der Waals surface area contributed by atoms with Gasteiger partial charge in [-0.1, -0.05) is 0 Å². The van der Waals surface area contributed by atoms with Crippen molar-refractivity contribution < 1.29 is 14.4 Å². The van der Waals surface area contributed by atoms with E-state index < -0.39 is 8.09 Å². The molecule has 0 spiro atoms. The molecule has 0 saturated carbocycles. The van der Waals surface area contributed by atoms with E-state index >= 15 is 0 Å². The second-order valence-corrected chi connectivity index (χ2v) is 2.18. The molecule has 0 radical (unpaired) electrons. The van der Waals surface area contributed by atoms with Gasteiger partial charge in [-0.2, -0.15) is 9.79 Å². The van der Waals surface area contributed by atoms with E-state index in [2.05, 4.69) is 4.62 Å². The second kappa shape index (κ2) is 0.668. The predicted molar refractivity (Wildman–Crippen MR) is 15.6 cm³/mol. The maximum absolute atomic E-state index is 7.97. The van der Waals surface area contributed by atoms with Crippen LogP contribution in [0.4, 0.5) is 0 Å². The highest BCUT2D eigenvalue weighted by molar-refractivity contribution is 7.62. The highest BCUT2D eigenvalue weighted by Crippen LogP contribution is 2.59. The van der Waals surface area contributed by atoms with Crippen molar-refractivity contribution in [2.24, 2.45) is 0 Å². The SMILES string of the molecule is O[P+]1(O)NO1.